The second-order valence-electron chi connectivity index (χ2n) is 5.26. The minimum atomic E-state index is -0.371. The number of halogens is 1. The summed E-state index contributed by atoms with van der Waals surface area (Å²) < 4.78 is 0. The van der Waals surface area contributed by atoms with Gasteiger partial charge in [-0.3, -0.25) is 9.89 Å². The van der Waals surface area contributed by atoms with Crippen LogP contribution >= 0.6 is 11.6 Å². The number of aryl methyl sites for hydroxylation is 1. The predicted molar refractivity (Wildman–Crippen MR) is 95.3 cm³/mol. The number of hydrazone groups is 1. The number of carbonyl (C=O) groups is 1. The first kappa shape index (κ1) is 16.0. The van der Waals surface area contributed by atoms with Gasteiger partial charge >= 0.3 is 0 Å². The third kappa shape index (κ3) is 3.70. The molecule has 0 radical (unpaired) electrons. The van der Waals surface area contributed by atoms with E-state index in [9.17, 15) is 4.79 Å². The highest BCUT2D eigenvalue weighted by Gasteiger charge is 2.12. The van der Waals surface area contributed by atoms with Gasteiger partial charge in [-0.15, -0.1) is 0 Å². The van der Waals surface area contributed by atoms with E-state index in [1.807, 2.05) is 49.4 Å². The minimum absolute atomic E-state index is 0.311. The molecule has 120 valence electrons. The fourth-order valence-electron chi connectivity index (χ4n) is 2.12. The second kappa shape index (κ2) is 7.10. The molecule has 5 nitrogen and oxygen atoms in total. The van der Waals surface area contributed by atoms with Gasteiger partial charge < -0.3 is 0 Å². The van der Waals surface area contributed by atoms with E-state index in [4.69, 9.17) is 11.6 Å². The minimum Gasteiger partial charge on any atom is -0.272 e. The molecule has 1 aromatic heterocycles. The van der Waals surface area contributed by atoms with Gasteiger partial charge in [-0.25, -0.2) is 5.43 Å². The normalized spacial score (nSPS) is 10.9. The summed E-state index contributed by atoms with van der Waals surface area (Å²) in [6.07, 6.45) is 1.59. The van der Waals surface area contributed by atoms with Crippen LogP contribution < -0.4 is 5.43 Å². The van der Waals surface area contributed by atoms with Crippen molar-refractivity contribution in [2.75, 3.05) is 0 Å². The number of rotatable bonds is 4. The van der Waals surface area contributed by atoms with Crippen LogP contribution in [0.15, 0.2) is 59.7 Å². The van der Waals surface area contributed by atoms with Crippen molar-refractivity contribution in [3.05, 3.63) is 76.4 Å². The summed E-state index contributed by atoms with van der Waals surface area (Å²) in [4.78, 5) is 12.1. The Balaban J connectivity index is 1.68. The highest BCUT2D eigenvalue weighted by atomic mass is 35.5. The molecule has 0 saturated carbocycles. The molecule has 6 heteroatoms. The smallest absolute Gasteiger partial charge is 0.272 e. The number of nitrogens with zero attached hydrogens (tertiary/aromatic N) is 2. The topological polar surface area (TPSA) is 70.1 Å². The molecule has 0 unspecified atom stereocenters. The summed E-state index contributed by atoms with van der Waals surface area (Å²) in [5.41, 5.74) is 6.22. The fraction of sp³-hybridized carbons (Fsp3) is 0.0556. The van der Waals surface area contributed by atoms with Crippen LogP contribution in [-0.4, -0.2) is 22.3 Å². The number of hydrogen-bond donors (Lipinski definition) is 2. The Hall–Kier alpha value is -2.92. The molecule has 0 aliphatic rings. The van der Waals surface area contributed by atoms with Gasteiger partial charge in [0.2, 0.25) is 0 Å². The first-order chi connectivity index (χ1) is 11.6. The molecule has 0 saturated heterocycles. The van der Waals surface area contributed by atoms with Crippen LogP contribution in [-0.2, 0) is 0 Å². The summed E-state index contributed by atoms with van der Waals surface area (Å²) in [5, 5.41) is 11.3. The highest BCUT2D eigenvalue weighted by molar-refractivity contribution is 6.33. The monoisotopic (exact) mass is 338 g/mol. The van der Waals surface area contributed by atoms with Crippen molar-refractivity contribution in [2.45, 2.75) is 6.92 Å². The maximum Gasteiger partial charge on any atom is 0.289 e. The standard InChI is InChI=1S/C18H15ClN4O/c1-12-6-8-13(9-7-12)11-20-23-18(24)17-10-16(21-22-17)14-4-2-3-5-15(14)19/h2-11H,1H3,(H,21,22)(H,23,24). The zero-order chi connectivity index (χ0) is 16.9. The van der Waals surface area contributed by atoms with Crippen LogP contribution in [0.4, 0.5) is 0 Å². The quantitative estimate of drug-likeness (QED) is 0.561. The van der Waals surface area contributed by atoms with Gasteiger partial charge in [0, 0.05) is 5.56 Å². The largest absolute Gasteiger partial charge is 0.289 e. The zero-order valence-electron chi connectivity index (χ0n) is 13.0. The van der Waals surface area contributed by atoms with Gasteiger partial charge in [-0.2, -0.15) is 10.2 Å². The van der Waals surface area contributed by atoms with Gasteiger partial charge in [-0.05, 0) is 24.6 Å². The molecule has 0 fully saturated rings. The van der Waals surface area contributed by atoms with E-state index in [1.54, 1.807) is 18.3 Å². The number of aromatic amines is 1. The highest BCUT2D eigenvalue weighted by Crippen LogP contribution is 2.26. The number of carbonyl (C=O) groups excluding carboxylic acids is 1. The zero-order valence-corrected chi connectivity index (χ0v) is 13.7. The van der Waals surface area contributed by atoms with Crippen molar-refractivity contribution in [1.82, 2.24) is 15.6 Å². The Morgan fingerprint density at radius 1 is 1.21 bits per heavy atom. The summed E-state index contributed by atoms with van der Waals surface area (Å²) in [6, 6.07) is 16.8. The lowest BCUT2D eigenvalue weighted by atomic mass is 10.1. The number of nitrogens with one attached hydrogen (secondary N) is 2. The summed E-state index contributed by atoms with van der Waals surface area (Å²) in [6.45, 7) is 2.01. The average molecular weight is 339 g/mol. The number of benzene rings is 2. The lowest BCUT2D eigenvalue weighted by Gasteiger charge is -1.98. The van der Waals surface area contributed by atoms with E-state index in [0.29, 0.717) is 16.4 Å². The SMILES string of the molecule is Cc1ccc(C=NNC(=O)c2cc(-c3ccccc3Cl)n[nH]2)cc1. The fourth-order valence-corrected chi connectivity index (χ4v) is 2.36. The van der Waals surface area contributed by atoms with Crippen LogP contribution in [0.2, 0.25) is 5.02 Å². The maximum atomic E-state index is 12.1. The molecular formula is C18H15ClN4O. The van der Waals surface area contributed by atoms with Gasteiger partial charge in [0.15, 0.2) is 0 Å². The Morgan fingerprint density at radius 3 is 2.71 bits per heavy atom. The number of aromatic nitrogens is 2. The van der Waals surface area contributed by atoms with Gasteiger partial charge in [0.1, 0.15) is 5.69 Å². The Kier molecular flexibility index (Phi) is 4.72. The molecule has 1 amide bonds. The predicted octanol–water partition coefficient (Wildman–Crippen LogP) is 3.80. The molecule has 0 aliphatic carbocycles. The second-order valence-corrected chi connectivity index (χ2v) is 5.66. The number of hydrogen-bond acceptors (Lipinski definition) is 3. The molecule has 3 rings (SSSR count). The summed E-state index contributed by atoms with van der Waals surface area (Å²) in [7, 11) is 0. The van der Waals surface area contributed by atoms with Crippen molar-refractivity contribution in [1.29, 1.82) is 0 Å². The van der Waals surface area contributed by atoms with Gasteiger partial charge in [0.05, 0.1) is 16.9 Å². The van der Waals surface area contributed by atoms with E-state index in [2.05, 4.69) is 20.7 Å². The molecule has 0 aliphatic heterocycles. The summed E-state index contributed by atoms with van der Waals surface area (Å²) >= 11 is 6.13. The van der Waals surface area contributed by atoms with Gasteiger partial charge in [0.25, 0.3) is 5.91 Å². The number of amides is 1. The van der Waals surface area contributed by atoms with E-state index >= 15 is 0 Å². The van der Waals surface area contributed by atoms with Gasteiger partial charge in [-0.1, -0.05) is 59.6 Å². The Morgan fingerprint density at radius 2 is 1.96 bits per heavy atom. The lowest BCUT2D eigenvalue weighted by molar-refractivity contribution is 0.0950. The molecule has 0 spiro atoms. The molecule has 0 atom stereocenters. The lowest BCUT2D eigenvalue weighted by Crippen LogP contribution is -2.17. The molecule has 1 heterocycles. The van der Waals surface area contributed by atoms with E-state index in [-0.39, 0.29) is 5.91 Å². The van der Waals surface area contributed by atoms with Crippen LogP contribution in [0.1, 0.15) is 21.6 Å². The molecule has 24 heavy (non-hydrogen) atoms. The van der Waals surface area contributed by atoms with Crippen molar-refractivity contribution >= 4 is 23.7 Å². The van der Waals surface area contributed by atoms with E-state index in [0.717, 1.165) is 11.1 Å². The average Bonchev–Trinajstić information content (AvgIpc) is 3.07. The summed E-state index contributed by atoms with van der Waals surface area (Å²) in [5.74, 6) is -0.371. The first-order valence-electron chi connectivity index (χ1n) is 7.34. The van der Waals surface area contributed by atoms with E-state index in [1.165, 1.54) is 5.56 Å². The Labute approximate surface area is 144 Å². The van der Waals surface area contributed by atoms with Crippen molar-refractivity contribution in [2.24, 2.45) is 5.10 Å². The van der Waals surface area contributed by atoms with Crippen molar-refractivity contribution in [3.63, 3.8) is 0 Å². The molecule has 2 N–H and O–H groups in total. The molecule has 2 aromatic carbocycles. The first-order valence-corrected chi connectivity index (χ1v) is 7.71. The molecule has 0 bridgehead atoms. The van der Waals surface area contributed by atoms with E-state index < -0.39 is 0 Å². The molecule has 3 aromatic rings. The third-order valence-corrected chi connectivity index (χ3v) is 3.76. The molecular weight excluding hydrogens is 324 g/mol. The van der Waals surface area contributed by atoms with Crippen LogP contribution in [0.3, 0.4) is 0 Å². The van der Waals surface area contributed by atoms with Crippen molar-refractivity contribution < 1.29 is 4.79 Å². The number of H-pyrrole nitrogens is 1. The van der Waals surface area contributed by atoms with Crippen LogP contribution in [0.5, 0.6) is 0 Å². The van der Waals surface area contributed by atoms with Crippen LogP contribution in [0.25, 0.3) is 11.3 Å². The van der Waals surface area contributed by atoms with Crippen molar-refractivity contribution in [3.8, 4) is 11.3 Å². The Bertz CT molecular complexity index is 884. The maximum absolute atomic E-state index is 12.1. The third-order valence-electron chi connectivity index (χ3n) is 3.43. The van der Waals surface area contributed by atoms with Crippen LogP contribution in [0, 0.1) is 6.92 Å².